The summed E-state index contributed by atoms with van der Waals surface area (Å²) in [5.41, 5.74) is 0.822. The van der Waals surface area contributed by atoms with Gasteiger partial charge in [0.1, 0.15) is 5.56 Å². The summed E-state index contributed by atoms with van der Waals surface area (Å²) >= 11 is 0. The summed E-state index contributed by atoms with van der Waals surface area (Å²) in [6, 6.07) is 1.89. The van der Waals surface area contributed by atoms with Crippen LogP contribution in [0, 0.1) is 6.92 Å². The Morgan fingerprint density at radius 3 is 2.75 bits per heavy atom. The molecular weight excluding hydrogens is 254 g/mol. The molecule has 1 aromatic rings. The zero-order valence-electron chi connectivity index (χ0n) is 12.5. The second-order valence-corrected chi connectivity index (χ2v) is 5.31. The number of likely N-dealkylation sites (tertiary alicyclic amines) is 1. The Morgan fingerprint density at radius 2 is 2.15 bits per heavy atom. The van der Waals surface area contributed by atoms with Crippen molar-refractivity contribution < 1.29 is 4.79 Å². The molecule has 1 atom stereocenters. The van der Waals surface area contributed by atoms with Crippen LogP contribution in [-0.4, -0.2) is 52.9 Å². The van der Waals surface area contributed by atoms with Crippen LogP contribution in [0.25, 0.3) is 0 Å². The summed E-state index contributed by atoms with van der Waals surface area (Å²) in [7, 11) is 0. The summed E-state index contributed by atoms with van der Waals surface area (Å²) in [6.07, 6.45) is 2.52. The standard InChI is InChI=1S/C15H23N3O2/c1-4-17(5-2)12-6-7-18(10-12)15(20)13-9-16-11(3)8-14(13)19/h8-9,12H,4-7,10H2,1-3H3,(H,16,19). The van der Waals surface area contributed by atoms with Gasteiger partial charge in [-0.05, 0) is 26.4 Å². The number of carbonyl (C=O) groups is 1. The maximum Gasteiger partial charge on any atom is 0.259 e. The fourth-order valence-corrected chi connectivity index (χ4v) is 2.88. The summed E-state index contributed by atoms with van der Waals surface area (Å²) < 4.78 is 0. The average Bonchev–Trinajstić information content (AvgIpc) is 2.89. The first kappa shape index (κ1) is 14.8. The molecule has 1 amide bonds. The number of aryl methyl sites for hydroxylation is 1. The van der Waals surface area contributed by atoms with Crippen LogP contribution in [0.15, 0.2) is 17.1 Å². The Labute approximate surface area is 119 Å². The lowest BCUT2D eigenvalue weighted by Gasteiger charge is -2.26. The van der Waals surface area contributed by atoms with Crippen molar-refractivity contribution in [2.24, 2.45) is 0 Å². The zero-order chi connectivity index (χ0) is 14.7. The number of hydrogen-bond acceptors (Lipinski definition) is 3. The molecule has 5 heteroatoms. The van der Waals surface area contributed by atoms with Gasteiger partial charge in [0.2, 0.25) is 0 Å². The molecule has 1 N–H and O–H groups in total. The highest BCUT2D eigenvalue weighted by Gasteiger charge is 2.30. The van der Waals surface area contributed by atoms with Crippen LogP contribution in [0.5, 0.6) is 0 Å². The van der Waals surface area contributed by atoms with E-state index in [1.54, 1.807) is 4.90 Å². The average molecular weight is 277 g/mol. The van der Waals surface area contributed by atoms with Crippen LogP contribution in [-0.2, 0) is 0 Å². The molecule has 2 rings (SSSR count). The van der Waals surface area contributed by atoms with Crippen molar-refractivity contribution in [2.75, 3.05) is 26.2 Å². The van der Waals surface area contributed by atoms with Crippen molar-refractivity contribution >= 4 is 5.91 Å². The number of rotatable bonds is 4. The van der Waals surface area contributed by atoms with Crippen molar-refractivity contribution in [1.82, 2.24) is 14.8 Å². The second-order valence-electron chi connectivity index (χ2n) is 5.31. The lowest BCUT2D eigenvalue weighted by atomic mass is 10.2. The van der Waals surface area contributed by atoms with E-state index in [1.165, 1.54) is 12.3 Å². The molecule has 5 nitrogen and oxygen atoms in total. The number of pyridine rings is 1. The van der Waals surface area contributed by atoms with Crippen molar-refractivity contribution in [2.45, 2.75) is 33.2 Å². The first-order valence-electron chi connectivity index (χ1n) is 7.29. The van der Waals surface area contributed by atoms with Gasteiger partial charge >= 0.3 is 0 Å². The second kappa shape index (κ2) is 6.22. The van der Waals surface area contributed by atoms with Gasteiger partial charge in [-0.15, -0.1) is 0 Å². The topological polar surface area (TPSA) is 56.4 Å². The Balaban J connectivity index is 2.10. The molecule has 1 aromatic heterocycles. The van der Waals surface area contributed by atoms with E-state index >= 15 is 0 Å². The minimum Gasteiger partial charge on any atom is -0.364 e. The quantitative estimate of drug-likeness (QED) is 0.901. The summed E-state index contributed by atoms with van der Waals surface area (Å²) in [5, 5.41) is 0. The van der Waals surface area contributed by atoms with Crippen molar-refractivity contribution in [1.29, 1.82) is 0 Å². The Bertz CT molecular complexity index is 534. The minimum atomic E-state index is -0.197. The van der Waals surface area contributed by atoms with E-state index in [-0.39, 0.29) is 16.9 Å². The van der Waals surface area contributed by atoms with Crippen molar-refractivity contribution in [3.63, 3.8) is 0 Å². The number of carbonyl (C=O) groups excluding carboxylic acids is 1. The van der Waals surface area contributed by atoms with Crippen LogP contribution in [0.2, 0.25) is 0 Å². The van der Waals surface area contributed by atoms with Crippen molar-refractivity contribution in [3.05, 3.63) is 33.7 Å². The molecule has 1 aliphatic rings. The molecule has 1 saturated heterocycles. The Kier molecular flexibility index (Phi) is 4.60. The lowest BCUT2D eigenvalue weighted by molar-refractivity contribution is 0.0776. The summed E-state index contributed by atoms with van der Waals surface area (Å²) in [5.74, 6) is -0.152. The largest absolute Gasteiger partial charge is 0.364 e. The fourth-order valence-electron chi connectivity index (χ4n) is 2.88. The van der Waals surface area contributed by atoms with E-state index in [0.29, 0.717) is 12.6 Å². The van der Waals surface area contributed by atoms with Gasteiger partial charge in [-0.3, -0.25) is 14.5 Å². The zero-order valence-corrected chi connectivity index (χ0v) is 12.5. The number of nitrogens with one attached hydrogen (secondary N) is 1. The van der Waals surface area contributed by atoms with E-state index in [2.05, 4.69) is 23.7 Å². The molecule has 1 aliphatic heterocycles. The van der Waals surface area contributed by atoms with E-state index in [9.17, 15) is 9.59 Å². The van der Waals surface area contributed by atoms with Crippen LogP contribution < -0.4 is 5.43 Å². The first-order chi connectivity index (χ1) is 9.56. The highest BCUT2D eigenvalue weighted by Crippen LogP contribution is 2.17. The number of nitrogens with zero attached hydrogens (tertiary/aromatic N) is 2. The molecule has 0 aromatic carbocycles. The highest BCUT2D eigenvalue weighted by atomic mass is 16.2. The smallest absolute Gasteiger partial charge is 0.259 e. The number of aromatic nitrogens is 1. The molecule has 1 fully saturated rings. The van der Waals surface area contributed by atoms with Gasteiger partial charge in [0.25, 0.3) is 5.91 Å². The van der Waals surface area contributed by atoms with Gasteiger partial charge in [0, 0.05) is 37.1 Å². The van der Waals surface area contributed by atoms with Crippen molar-refractivity contribution in [3.8, 4) is 0 Å². The molecule has 0 spiro atoms. The molecule has 0 radical (unpaired) electrons. The molecular formula is C15H23N3O2. The number of likely N-dealkylation sites (N-methyl/N-ethyl adjacent to an activating group) is 1. The maximum absolute atomic E-state index is 12.4. The normalized spacial score (nSPS) is 18.8. The first-order valence-corrected chi connectivity index (χ1v) is 7.29. The van der Waals surface area contributed by atoms with Crippen LogP contribution >= 0.6 is 0 Å². The SMILES string of the molecule is CCN(CC)C1CCN(C(=O)c2c[nH]c(C)cc2=O)C1. The third-order valence-corrected chi connectivity index (χ3v) is 4.07. The molecule has 110 valence electrons. The predicted octanol–water partition coefficient (Wildman–Crippen LogP) is 1.24. The van der Waals surface area contributed by atoms with Crippen LogP contribution in [0.4, 0.5) is 0 Å². The van der Waals surface area contributed by atoms with Gasteiger partial charge in [-0.25, -0.2) is 0 Å². The molecule has 0 aliphatic carbocycles. The van der Waals surface area contributed by atoms with Gasteiger partial charge in [-0.2, -0.15) is 0 Å². The number of H-pyrrole nitrogens is 1. The summed E-state index contributed by atoms with van der Waals surface area (Å²) in [4.78, 5) is 31.4. The van der Waals surface area contributed by atoms with E-state index in [4.69, 9.17) is 0 Å². The van der Waals surface area contributed by atoms with E-state index in [0.717, 1.165) is 31.7 Å². The molecule has 0 bridgehead atoms. The van der Waals surface area contributed by atoms with Gasteiger partial charge in [-0.1, -0.05) is 13.8 Å². The molecule has 0 saturated carbocycles. The van der Waals surface area contributed by atoms with Gasteiger partial charge in [0.05, 0.1) is 0 Å². The highest BCUT2D eigenvalue weighted by molar-refractivity contribution is 5.94. The Hall–Kier alpha value is -1.62. The number of amides is 1. The lowest BCUT2D eigenvalue weighted by Crippen LogP contribution is -2.39. The summed E-state index contributed by atoms with van der Waals surface area (Å²) in [6.45, 7) is 9.52. The number of hydrogen-bond donors (Lipinski definition) is 1. The van der Waals surface area contributed by atoms with E-state index < -0.39 is 0 Å². The third-order valence-electron chi connectivity index (χ3n) is 4.07. The van der Waals surface area contributed by atoms with Gasteiger partial charge < -0.3 is 9.88 Å². The molecule has 2 heterocycles. The Morgan fingerprint density at radius 1 is 1.45 bits per heavy atom. The number of aromatic amines is 1. The van der Waals surface area contributed by atoms with E-state index in [1.807, 2.05) is 6.92 Å². The predicted molar refractivity (Wildman–Crippen MR) is 79.0 cm³/mol. The maximum atomic E-state index is 12.4. The minimum absolute atomic E-state index is 0.152. The molecule has 20 heavy (non-hydrogen) atoms. The fraction of sp³-hybridized carbons (Fsp3) is 0.600. The third kappa shape index (κ3) is 2.93. The van der Waals surface area contributed by atoms with Crippen LogP contribution in [0.3, 0.4) is 0 Å². The van der Waals surface area contributed by atoms with Gasteiger partial charge in [0.15, 0.2) is 5.43 Å². The molecule has 1 unspecified atom stereocenters. The monoisotopic (exact) mass is 277 g/mol. The van der Waals surface area contributed by atoms with Crippen LogP contribution in [0.1, 0.15) is 36.3 Å².